The van der Waals surface area contributed by atoms with Gasteiger partial charge in [-0.15, -0.1) is 0 Å². The molecule has 0 bridgehead atoms. The van der Waals surface area contributed by atoms with Crippen LogP contribution in [-0.4, -0.2) is 36.6 Å². The van der Waals surface area contributed by atoms with Crippen LogP contribution in [0.15, 0.2) is 42.5 Å². The predicted molar refractivity (Wildman–Crippen MR) is 104 cm³/mol. The number of esters is 1. The van der Waals surface area contributed by atoms with E-state index in [1.165, 1.54) is 19.1 Å². The lowest BCUT2D eigenvalue weighted by Gasteiger charge is -2.32. The largest absolute Gasteiger partial charge is 0.461 e. The first-order valence-corrected chi connectivity index (χ1v) is 9.06. The van der Waals surface area contributed by atoms with Crippen LogP contribution in [0.3, 0.4) is 0 Å². The second-order valence-electron chi connectivity index (χ2n) is 7.04. The van der Waals surface area contributed by atoms with Gasteiger partial charge in [0.25, 0.3) is 0 Å². The average Bonchev–Trinajstić information content (AvgIpc) is 2.66. The monoisotopic (exact) mass is 384 g/mol. The molecule has 28 heavy (non-hydrogen) atoms. The highest BCUT2D eigenvalue weighted by Gasteiger charge is 2.33. The average molecular weight is 384 g/mol. The molecule has 0 fully saturated rings. The number of nitrogens with zero attached hydrogens (tertiary/aromatic N) is 2. The zero-order valence-electron chi connectivity index (χ0n) is 16.4. The molecule has 0 amide bonds. The third-order valence-corrected chi connectivity index (χ3v) is 4.58. The summed E-state index contributed by atoms with van der Waals surface area (Å²) in [5.74, 6) is -0.842. The van der Waals surface area contributed by atoms with Gasteiger partial charge in [-0.25, -0.2) is 4.39 Å². The maximum atomic E-state index is 13.4. The van der Waals surface area contributed by atoms with Gasteiger partial charge in [0.1, 0.15) is 18.0 Å². The SMILES string of the molecule is CC(=O)OCc1cc(C#N)ccc1C(O)(CCCN(C)C)c1ccc(F)cc1. The molecule has 0 aliphatic rings. The maximum absolute atomic E-state index is 13.4. The minimum Gasteiger partial charge on any atom is -0.461 e. The molecule has 0 saturated carbocycles. The smallest absolute Gasteiger partial charge is 0.302 e. The Labute approximate surface area is 165 Å². The van der Waals surface area contributed by atoms with Gasteiger partial charge in [-0.3, -0.25) is 4.79 Å². The lowest BCUT2D eigenvalue weighted by molar-refractivity contribution is -0.142. The maximum Gasteiger partial charge on any atom is 0.302 e. The van der Waals surface area contributed by atoms with E-state index >= 15 is 0 Å². The standard InChI is InChI=1S/C22H25FN2O3/c1-16(26)28-15-18-13-17(14-24)5-10-21(18)22(27,11-4-12-25(2)3)19-6-8-20(23)9-7-19/h5-10,13,27H,4,11-12,15H2,1-3H3. The van der Waals surface area contributed by atoms with E-state index in [4.69, 9.17) is 4.74 Å². The number of nitriles is 1. The Morgan fingerprint density at radius 2 is 1.93 bits per heavy atom. The van der Waals surface area contributed by atoms with Crippen molar-refractivity contribution in [3.05, 3.63) is 70.5 Å². The molecule has 2 aromatic rings. The molecule has 1 atom stereocenters. The Morgan fingerprint density at radius 1 is 1.25 bits per heavy atom. The van der Waals surface area contributed by atoms with Crippen LogP contribution in [-0.2, 0) is 21.7 Å². The molecule has 0 radical (unpaired) electrons. The van der Waals surface area contributed by atoms with E-state index in [-0.39, 0.29) is 12.4 Å². The molecule has 0 saturated heterocycles. The second kappa shape index (κ2) is 9.45. The quantitative estimate of drug-likeness (QED) is 0.707. The fraction of sp³-hybridized carbons (Fsp3) is 0.364. The molecular formula is C22H25FN2O3. The summed E-state index contributed by atoms with van der Waals surface area (Å²) < 4.78 is 18.6. The van der Waals surface area contributed by atoms with E-state index in [9.17, 15) is 19.6 Å². The molecule has 0 spiro atoms. The Balaban J connectivity index is 2.53. The number of hydrogen-bond donors (Lipinski definition) is 1. The highest BCUT2D eigenvalue weighted by molar-refractivity contribution is 5.66. The van der Waals surface area contributed by atoms with Crippen molar-refractivity contribution in [2.75, 3.05) is 20.6 Å². The zero-order valence-corrected chi connectivity index (χ0v) is 16.4. The van der Waals surface area contributed by atoms with Crippen molar-refractivity contribution in [2.24, 2.45) is 0 Å². The van der Waals surface area contributed by atoms with Gasteiger partial charge in [0.2, 0.25) is 0 Å². The summed E-state index contributed by atoms with van der Waals surface area (Å²) >= 11 is 0. The second-order valence-corrected chi connectivity index (χ2v) is 7.04. The number of carbonyl (C=O) groups is 1. The zero-order chi connectivity index (χ0) is 20.7. The summed E-state index contributed by atoms with van der Waals surface area (Å²) in [6.45, 7) is 2.01. The van der Waals surface area contributed by atoms with E-state index in [0.29, 0.717) is 35.1 Å². The first kappa shape index (κ1) is 21.5. The molecule has 0 aliphatic carbocycles. The van der Waals surface area contributed by atoms with E-state index in [1.807, 2.05) is 19.0 Å². The third-order valence-electron chi connectivity index (χ3n) is 4.58. The van der Waals surface area contributed by atoms with Crippen LogP contribution in [0.25, 0.3) is 0 Å². The Morgan fingerprint density at radius 3 is 2.50 bits per heavy atom. The van der Waals surface area contributed by atoms with Gasteiger partial charge in [-0.1, -0.05) is 18.2 Å². The molecule has 148 valence electrons. The minimum atomic E-state index is -1.41. The first-order chi connectivity index (χ1) is 13.3. The molecule has 0 aromatic heterocycles. The van der Waals surface area contributed by atoms with Crippen molar-refractivity contribution in [3.8, 4) is 6.07 Å². The number of rotatable bonds is 8. The lowest BCUT2D eigenvalue weighted by atomic mass is 9.80. The summed E-state index contributed by atoms with van der Waals surface area (Å²) in [6, 6.07) is 12.7. The summed E-state index contributed by atoms with van der Waals surface area (Å²) in [4.78, 5) is 13.3. The van der Waals surface area contributed by atoms with Crippen LogP contribution >= 0.6 is 0 Å². The first-order valence-electron chi connectivity index (χ1n) is 9.06. The number of hydrogen-bond acceptors (Lipinski definition) is 5. The highest BCUT2D eigenvalue weighted by atomic mass is 19.1. The molecule has 1 unspecified atom stereocenters. The number of aliphatic hydroxyl groups is 1. The normalized spacial score (nSPS) is 13.0. The van der Waals surface area contributed by atoms with Gasteiger partial charge >= 0.3 is 5.97 Å². The number of carbonyl (C=O) groups excluding carboxylic acids is 1. The lowest BCUT2D eigenvalue weighted by Crippen LogP contribution is -2.30. The van der Waals surface area contributed by atoms with Gasteiger partial charge in [0.15, 0.2) is 0 Å². The topological polar surface area (TPSA) is 73.6 Å². The van der Waals surface area contributed by atoms with Crippen LogP contribution in [0.4, 0.5) is 4.39 Å². The molecule has 5 nitrogen and oxygen atoms in total. The van der Waals surface area contributed by atoms with Crippen LogP contribution in [0.2, 0.25) is 0 Å². The summed E-state index contributed by atoms with van der Waals surface area (Å²) in [7, 11) is 3.90. The minimum absolute atomic E-state index is 0.0582. The van der Waals surface area contributed by atoms with Crippen LogP contribution in [0, 0.1) is 17.1 Å². The van der Waals surface area contributed by atoms with Gasteiger partial charge < -0.3 is 14.7 Å². The van der Waals surface area contributed by atoms with Crippen LogP contribution in [0.5, 0.6) is 0 Å². The van der Waals surface area contributed by atoms with Crippen LogP contribution < -0.4 is 0 Å². The molecule has 6 heteroatoms. The van der Waals surface area contributed by atoms with E-state index in [2.05, 4.69) is 6.07 Å². The van der Waals surface area contributed by atoms with Crippen molar-refractivity contribution in [1.29, 1.82) is 5.26 Å². The Bertz CT molecular complexity index is 859. The summed E-state index contributed by atoms with van der Waals surface area (Å²) in [5, 5.41) is 20.9. The van der Waals surface area contributed by atoms with Gasteiger partial charge in [0.05, 0.1) is 11.6 Å². The Kier molecular flexibility index (Phi) is 7.27. The van der Waals surface area contributed by atoms with Crippen molar-refractivity contribution < 1.29 is 19.0 Å². The third kappa shape index (κ3) is 5.38. The van der Waals surface area contributed by atoms with Gasteiger partial charge in [0, 0.05) is 6.92 Å². The summed E-state index contributed by atoms with van der Waals surface area (Å²) in [5.41, 5.74) is 0.624. The van der Waals surface area contributed by atoms with E-state index in [0.717, 1.165) is 6.54 Å². The molecule has 0 heterocycles. The number of ether oxygens (including phenoxy) is 1. The molecule has 0 aliphatic heterocycles. The predicted octanol–water partition coefficient (Wildman–Crippen LogP) is 3.34. The molecular weight excluding hydrogens is 359 g/mol. The van der Waals surface area contributed by atoms with Gasteiger partial charge in [-0.2, -0.15) is 5.26 Å². The van der Waals surface area contributed by atoms with Crippen molar-refractivity contribution in [2.45, 2.75) is 32.0 Å². The highest BCUT2D eigenvalue weighted by Crippen LogP contribution is 2.37. The number of halogens is 1. The fourth-order valence-electron chi connectivity index (χ4n) is 3.18. The fourth-order valence-corrected chi connectivity index (χ4v) is 3.18. The van der Waals surface area contributed by atoms with Crippen molar-refractivity contribution >= 4 is 5.97 Å². The van der Waals surface area contributed by atoms with Gasteiger partial charge in [-0.05, 0) is 74.4 Å². The van der Waals surface area contributed by atoms with Crippen molar-refractivity contribution in [1.82, 2.24) is 4.90 Å². The van der Waals surface area contributed by atoms with Crippen molar-refractivity contribution in [3.63, 3.8) is 0 Å². The summed E-state index contributed by atoms with van der Waals surface area (Å²) in [6.07, 6.45) is 1.07. The van der Waals surface area contributed by atoms with E-state index < -0.39 is 11.6 Å². The van der Waals surface area contributed by atoms with E-state index in [1.54, 1.807) is 30.3 Å². The Hall–Kier alpha value is -2.75. The number of benzene rings is 2. The molecule has 1 N–H and O–H groups in total. The van der Waals surface area contributed by atoms with Crippen LogP contribution in [0.1, 0.15) is 42.0 Å². The molecule has 2 rings (SSSR count). The molecule has 2 aromatic carbocycles.